The van der Waals surface area contributed by atoms with Crippen LogP contribution in [0.4, 0.5) is 11.4 Å². The van der Waals surface area contributed by atoms with Gasteiger partial charge in [-0.15, -0.1) is 0 Å². The summed E-state index contributed by atoms with van der Waals surface area (Å²) >= 11 is 0. The lowest BCUT2D eigenvalue weighted by atomic mass is 10.2. The number of rotatable bonds is 5. The predicted octanol–water partition coefficient (Wildman–Crippen LogP) is 2.17. The molecule has 2 aromatic rings. The number of methoxy groups -OCH3 is 1. The van der Waals surface area contributed by atoms with Crippen molar-refractivity contribution >= 4 is 17.3 Å². The molecule has 20 heavy (non-hydrogen) atoms. The van der Waals surface area contributed by atoms with E-state index in [9.17, 15) is 4.79 Å². The minimum atomic E-state index is -0.213. The van der Waals surface area contributed by atoms with Crippen molar-refractivity contribution in [1.82, 2.24) is 9.97 Å². The zero-order valence-electron chi connectivity index (χ0n) is 11.4. The molecule has 6 heteroatoms. The van der Waals surface area contributed by atoms with Crippen molar-refractivity contribution in [1.29, 1.82) is 0 Å². The molecule has 0 aromatic carbocycles. The Bertz CT molecular complexity index is 584. The third kappa shape index (κ3) is 3.23. The maximum atomic E-state index is 12.2. The van der Waals surface area contributed by atoms with E-state index in [-0.39, 0.29) is 5.91 Å². The number of hydrogen-bond acceptors (Lipinski definition) is 5. The lowest BCUT2D eigenvalue weighted by Gasteiger charge is -2.10. The summed E-state index contributed by atoms with van der Waals surface area (Å²) in [5.41, 5.74) is 1.85. The van der Waals surface area contributed by atoms with Gasteiger partial charge in [-0.05, 0) is 19.1 Å². The smallest absolute Gasteiger partial charge is 0.257 e. The second-order valence-electron chi connectivity index (χ2n) is 3.99. The Morgan fingerprint density at radius 1 is 1.30 bits per heavy atom. The van der Waals surface area contributed by atoms with E-state index in [0.717, 1.165) is 6.54 Å². The molecule has 104 valence electrons. The number of carbonyl (C=O) groups is 1. The number of ether oxygens (including phenoxy) is 1. The molecule has 0 aliphatic carbocycles. The van der Waals surface area contributed by atoms with Gasteiger partial charge in [0.25, 0.3) is 5.91 Å². The van der Waals surface area contributed by atoms with Crippen molar-refractivity contribution in [3.05, 3.63) is 42.4 Å². The van der Waals surface area contributed by atoms with Crippen LogP contribution in [0.1, 0.15) is 17.3 Å². The van der Waals surface area contributed by atoms with Gasteiger partial charge in [-0.2, -0.15) is 0 Å². The van der Waals surface area contributed by atoms with Gasteiger partial charge in [-0.3, -0.25) is 9.78 Å². The fourth-order valence-corrected chi connectivity index (χ4v) is 1.70. The lowest BCUT2D eigenvalue weighted by molar-refractivity contribution is 0.102. The molecule has 6 nitrogen and oxygen atoms in total. The summed E-state index contributed by atoms with van der Waals surface area (Å²) in [5.74, 6) is 0.288. The van der Waals surface area contributed by atoms with E-state index >= 15 is 0 Å². The van der Waals surface area contributed by atoms with E-state index in [1.54, 1.807) is 43.9 Å². The van der Waals surface area contributed by atoms with Crippen LogP contribution in [0.5, 0.6) is 5.88 Å². The summed E-state index contributed by atoms with van der Waals surface area (Å²) in [4.78, 5) is 20.3. The molecular weight excluding hydrogens is 256 g/mol. The molecule has 0 atom stereocenters. The molecule has 0 fully saturated rings. The van der Waals surface area contributed by atoms with Gasteiger partial charge >= 0.3 is 0 Å². The zero-order chi connectivity index (χ0) is 14.4. The van der Waals surface area contributed by atoms with Crippen LogP contribution in [0.2, 0.25) is 0 Å². The molecule has 0 unspecified atom stereocenters. The number of carbonyl (C=O) groups excluding carboxylic acids is 1. The summed E-state index contributed by atoms with van der Waals surface area (Å²) in [5, 5.41) is 5.89. The van der Waals surface area contributed by atoms with E-state index in [1.165, 1.54) is 0 Å². The number of anilines is 2. The van der Waals surface area contributed by atoms with Gasteiger partial charge in [0.15, 0.2) is 0 Å². The van der Waals surface area contributed by atoms with Crippen molar-refractivity contribution in [3.8, 4) is 5.88 Å². The molecule has 1 amide bonds. The third-order valence-electron chi connectivity index (χ3n) is 2.64. The SMILES string of the molecule is CCNc1cnccc1C(=O)Nc1ccc(OC)nc1. The number of pyridine rings is 2. The van der Waals surface area contributed by atoms with E-state index in [0.29, 0.717) is 22.8 Å². The number of nitrogens with one attached hydrogen (secondary N) is 2. The summed E-state index contributed by atoms with van der Waals surface area (Å²) in [6.45, 7) is 2.68. The van der Waals surface area contributed by atoms with Crippen LogP contribution in [0.25, 0.3) is 0 Å². The Balaban J connectivity index is 2.15. The van der Waals surface area contributed by atoms with Gasteiger partial charge in [-0.25, -0.2) is 4.98 Å². The van der Waals surface area contributed by atoms with Crippen LogP contribution >= 0.6 is 0 Å². The summed E-state index contributed by atoms with van der Waals surface area (Å²) in [6.07, 6.45) is 4.76. The maximum absolute atomic E-state index is 12.2. The molecule has 0 saturated carbocycles. The van der Waals surface area contributed by atoms with Gasteiger partial charge in [0, 0.05) is 18.8 Å². The molecule has 2 rings (SSSR count). The molecule has 2 N–H and O–H groups in total. The van der Waals surface area contributed by atoms with Gasteiger partial charge in [-0.1, -0.05) is 0 Å². The van der Waals surface area contributed by atoms with Crippen LogP contribution in [0.3, 0.4) is 0 Å². The molecule has 0 aliphatic heterocycles. The van der Waals surface area contributed by atoms with Crippen molar-refractivity contribution in [2.24, 2.45) is 0 Å². The number of hydrogen-bond donors (Lipinski definition) is 2. The van der Waals surface area contributed by atoms with Crippen LogP contribution in [-0.2, 0) is 0 Å². The zero-order valence-corrected chi connectivity index (χ0v) is 11.4. The van der Waals surface area contributed by atoms with Gasteiger partial charge in [0.1, 0.15) is 0 Å². The Morgan fingerprint density at radius 2 is 2.15 bits per heavy atom. The first kappa shape index (κ1) is 13.8. The summed E-state index contributed by atoms with van der Waals surface area (Å²) in [7, 11) is 1.54. The number of aromatic nitrogens is 2. The molecule has 2 aromatic heterocycles. The van der Waals surface area contributed by atoms with Crippen molar-refractivity contribution < 1.29 is 9.53 Å². The van der Waals surface area contributed by atoms with Gasteiger partial charge in [0.05, 0.1) is 36.4 Å². The van der Waals surface area contributed by atoms with Gasteiger partial charge in [0.2, 0.25) is 5.88 Å². The quantitative estimate of drug-likeness (QED) is 0.872. The molecule has 0 aliphatic rings. The third-order valence-corrected chi connectivity index (χ3v) is 2.64. The van der Waals surface area contributed by atoms with E-state index in [2.05, 4.69) is 20.6 Å². The molecule has 0 saturated heterocycles. The minimum Gasteiger partial charge on any atom is -0.481 e. The van der Waals surface area contributed by atoms with Gasteiger partial charge < -0.3 is 15.4 Å². The molecule has 0 spiro atoms. The van der Waals surface area contributed by atoms with E-state index in [1.807, 2.05) is 6.92 Å². The monoisotopic (exact) mass is 272 g/mol. The fraction of sp³-hybridized carbons (Fsp3) is 0.214. The summed E-state index contributed by atoms with van der Waals surface area (Å²) in [6, 6.07) is 5.09. The highest BCUT2D eigenvalue weighted by Crippen LogP contribution is 2.16. The molecule has 0 radical (unpaired) electrons. The Labute approximate surface area is 117 Å². The normalized spacial score (nSPS) is 9.90. The second-order valence-corrected chi connectivity index (χ2v) is 3.99. The average Bonchev–Trinajstić information content (AvgIpc) is 2.49. The maximum Gasteiger partial charge on any atom is 0.257 e. The molecular formula is C14H16N4O2. The van der Waals surface area contributed by atoms with Crippen LogP contribution in [-0.4, -0.2) is 29.5 Å². The first-order chi connectivity index (χ1) is 9.74. The summed E-state index contributed by atoms with van der Waals surface area (Å²) < 4.78 is 4.97. The average molecular weight is 272 g/mol. The predicted molar refractivity (Wildman–Crippen MR) is 77.1 cm³/mol. The Morgan fingerprint density at radius 3 is 2.80 bits per heavy atom. The minimum absolute atomic E-state index is 0.213. The van der Waals surface area contributed by atoms with Crippen LogP contribution < -0.4 is 15.4 Å². The van der Waals surface area contributed by atoms with E-state index in [4.69, 9.17) is 4.74 Å². The first-order valence-corrected chi connectivity index (χ1v) is 6.24. The topological polar surface area (TPSA) is 76.1 Å². The number of nitrogens with zero attached hydrogens (tertiary/aromatic N) is 2. The fourth-order valence-electron chi connectivity index (χ4n) is 1.70. The van der Waals surface area contributed by atoms with Crippen LogP contribution in [0.15, 0.2) is 36.8 Å². The first-order valence-electron chi connectivity index (χ1n) is 6.24. The highest BCUT2D eigenvalue weighted by atomic mass is 16.5. The van der Waals surface area contributed by atoms with Crippen LogP contribution in [0, 0.1) is 0 Å². The lowest BCUT2D eigenvalue weighted by Crippen LogP contribution is -2.15. The molecule has 0 bridgehead atoms. The van der Waals surface area contributed by atoms with E-state index < -0.39 is 0 Å². The molecule has 2 heterocycles. The Kier molecular flexibility index (Phi) is 4.49. The number of amides is 1. The Hall–Kier alpha value is -2.63. The van der Waals surface area contributed by atoms with Crippen molar-refractivity contribution in [2.45, 2.75) is 6.92 Å². The standard InChI is InChI=1S/C14H16N4O2/c1-3-16-12-9-15-7-6-11(12)14(19)18-10-4-5-13(20-2)17-8-10/h4-9,16H,3H2,1-2H3,(H,18,19). The highest BCUT2D eigenvalue weighted by Gasteiger charge is 2.11. The highest BCUT2D eigenvalue weighted by molar-refractivity contribution is 6.07. The largest absolute Gasteiger partial charge is 0.481 e. The van der Waals surface area contributed by atoms with Crippen molar-refractivity contribution in [3.63, 3.8) is 0 Å². The second kappa shape index (κ2) is 6.51. The van der Waals surface area contributed by atoms with Crippen molar-refractivity contribution in [2.75, 3.05) is 24.3 Å².